The number of aryl methyl sites for hydroxylation is 2. The van der Waals surface area contributed by atoms with Crippen LogP contribution >= 0.6 is 0 Å². The number of hydrogen-bond donors (Lipinski definition) is 1. The lowest BCUT2D eigenvalue weighted by Crippen LogP contribution is -2.31. The molecule has 0 saturated heterocycles. The zero-order valence-corrected chi connectivity index (χ0v) is 10.8. The molecule has 1 N–H and O–H groups in total. The molecule has 0 aromatic heterocycles. The van der Waals surface area contributed by atoms with E-state index in [1.54, 1.807) is 7.11 Å². The Morgan fingerprint density at radius 1 is 1.31 bits per heavy atom. The molecule has 1 unspecified atom stereocenters. The molecule has 0 bridgehead atoms. The summed E-state index contributed by atoms with van der Waals surface area (Å²) < 4.78 is 5.08. The quantitative estimate of drug-likeness (QED) is 0.797. The SMILES string of the molecule is COCC(C)NCCc1ccc(C)cc1C. The Morgan fingerprint density at radius 3 is 2.69 bits per heavy atom. The summed E-state index contributed by atoms with van der Waals surface area (Å²) in [4.78, 5) is 0. The molecule has 16 heavy (non-hydrogen) atoms. The first kappa shape index (κ1) is 13.2. The summed E-state index contributed by atoms with van der Waals surface area (Å²) in [6, 6.07) is 7.08. The van der Waals surface area contributed by atoms with Crippen LogP contribution in [-0.2, 0) is 11.2 Å². The molecule has 2 nitrogen and oxygen atoms in total. The standard InChI is InChI=1S/C14H23NO/c1-11-5-6-14(12(2)9-11)7-8-15-13(3)10-16-4/h5-6,9,13,15H,7-8,10H2,1-4H3. The molecule has 0 radical (unpaired) electrons. The van der Waals surface area contributed by atoms with Crippen molar-refractivity contribution in [3.8, 4) is 0 Å². The third-order valence-electron chi connectivity index (χ3n) is 2.80. The lowest BCUT2D eigenvalue weighted by atomic mass is 10.0. The van der Waals surface area contributed by atoms with Crippen LogP contribution in [0.5, 0.6) is 0 Å². The number of benzene rings is 1. The van der Waals surface area contributed by atoms with E-state index in [0.29, 0.717) is 6.04 Å². The highest BCUT2D eigenvalue weighted by Gasteiger charge is 2.01. The summed E-state index contributed by atoms with van der Waals surface area (Å²) in [5.41, 5.74) is 4.16. The summed E-state index contributed by atoms with van der Waals surface area (Å²) >= 11 is 0. The molecule has 0 aliphatic rings. The van der Waals surface area contributed by atoms with Gasteiger partial charge in [0.1, 0.15) is 0 Å². The van der Waals surface area contributed by atoms with Crippen LogP contribution in [0.15, 0.2) is 18.2 Å². The maximum Gasteiger partial charge on any atom is 0.0613 e. The van der Waals surface area contributed by atoms with Gasteiger partial charge in [-0.1, -0.05) is 23.8 Å². The van der Waals surface area contributed by atoms with Gasteiger partial charge in [0.25, 0.3) is 0 Å². The van der Waals surface area contributed by atoms with Crippen molar-refractivity contribution in [2.24, 2.45) is 0 Å². The molecule has 2 heteroatoms. The second kappa shape index (κ2) is 6.66. The average molecular weight is 221 g/mol. The number of methoxy groups -OCH3 is 1. The first-order valence-corrected chi connectivity index (χ1v) is 5.92. The number of ether oxygens (including phenoxy) is 1. The van der Waals surface area contributed by atoms with Gasteiger partial charge < -0.3 is 10.1 Å². The zero-order valence-electron chi connectivity index (χ0n) is 10.8. The monoisotopic (exact) mass is 221 g/mol. The van der Waals surface area contributed by atoms with Gasteiger partial charge >= 0.3 is 0 Å². The van der Waals surface area contributed by atoms with Crippen LogP contribution in [0.2, 0.25) is 0 Å². The molecule has 0 aliphatic carbocycles. The summed E-state index contributed by atoms with van der Waals surface area (Å²) in [6.07, 6.45) is 1.08. The molecular formula is C14H23NO. The first-order chi connectivity index (χ1) is 7.63. The van der Waals surface area contributed by atoms with Crippen LogP contribution in [-0.4, -0.2) is 26.3 Å². The fraction of sp³-hybridized carbons (Fsp3) is 0.571. The number of hydrogen-bond acceptors (Lipinski definition) is 2. The average Bonchev–Trinajstić information content (AvgIpc) is 2.22. The Hall–Kier alpha value is -0.860. The van der Waals surface area contributed by atoms with Gasteiger partial charge in [0.05, 0.1) is 6.61 Å². The summed E-state index contributed by atoms with van der Waals surface area (Å²) in [5.74, 6) is 0. The molecule has 90 valence electrons. The van der Waals surface area contributed by atoms with E-state index in [-0.39, 0.29) is 0 Å². The summed E-state index contributed by atoms with van der Waals surface area (Å²) in [7, 11) is 1.74. The summed E-state index contributed by atoms with van der Waals surface area (Å²) in [5, 5.41) is 3.45. The van der Waals surface area contributed by atoms with Gasteiger partial charge in [0.2, 0.25) is 0 Å². The summed E-state index contributed by atoms with van der Waals surface area (Å²) in [6.45, 7) is 8.24. The van der Waals surface area contributed by atoms with E-state index in [1.807, 2.05) is 0 Å². The van der Waals surface area contributed by atoms with Crippen molar-refractivity contribution in [1.82, 2.24) is 5.32 Å². The van der Waals surface area contributed by atoms with Crippen LogP contribution in [0, 0.1) is 13.8 Å². The van der Waals surface area contributed by atoms with Crippen molar-refractivity contribution in [3.63, 3.8) is 0 Å². The van der Waals surface area contributed by atoms with E-state index in [1.165, 1.54) is 16.7 Å². The lowest BCUT2D eigenvalue weighted by molar-refractivity contribution is 0.172. The second-order valence-electron chi connectivity index (χ2n) is 4.49. The highest BCUT2D eigenvalue weighted by Crippen LogP contribution is 2.10. The van der Waals surface area contributed by atoms with E-state index in [2.05, 4.69) is 44.3 Å². The van der Waals surface area contributed by atoms with Crippen molar-refractivity contribution in [2.75, 3.05) is 20.3 Å². The van der Waals surface area contributed by atoms with Gasteiger partial charge in [0, 0.05) is 13.2 Å². The molecule has 1 atom stereocenters. The van der Waals surface area contributed by atoms with Gasteiger partial charge in [-0.2, -0.15) is 0 Å². The Kier molecular flexibility index (Phi) is 5.50. The smallest absolute Gasteiger partial charge is 0.0613 e. The largest absolute Gasteiger partial charge is 0.383 e. The highest BCUT2D eigenvalue weighted by molar-refractivity contribution is 5.30. The maximum atomic E-state index is 5.08. The van der Waals surface area contributed by atoms with Crippen molar-refractivity contribution < 1.29 is 4.74 Å². The van der Waals surface area contributed by atoms with E-state index < -0.39 is 0 Å². The normalized spacial score (nSPS) is 12.8. The van der Waals surface area contributed by atoms with E-state index >= 15 is 0 Å². The predicted octanol–water partition coefficient (Wildman–Crippen LogP) is 2.47. The van der Waals surface area contributed by atoms with Gasteiger partial charge in [-0.15, -0.1) is 0 Å². The van der Waals surface area contributed by atoms with Gasteiger partial charge in [-0.25, -0.2) is 0 Å². The minimum atomic E-state index is 0.427. The Bertz CT molecular complexity index is 323. The Morgan fingerprint density at radius 2 is 2.06 bits per heavy atom. The number of rotatable bonds is 6. The van der Waals surface area contributed by atoms with Crippen molar-refractivity contribution in [2.45, 2.75) is 33.2 Å². The lowest BCUT2D eigenvalue weighted by Gasteiger charge is -2.13. The second-order valence-corrected chi connectivity index (χ2v) is 4.49. The van der Waals surface area contributed by atoms with Gasteiger partial charge in [-0.05, 0) is 44.9 Å². The number of nitrogens with one attached hydrogen (secondary N) is 1. The van der Waals surface area contributed by atoms with E-state index in [9.17, 15) is 0 Å². The molecule has 0 heterocycles. The van der Waals surface area contributed by atoms with Crippen LogP contribution in [0.3, 0.4) is 0 Å². The third-order valence-corrected chi connectivity index (χ3v) is 2.80. The van der Waals surface area contributed by atoms with Crippen LogP contribution in [0.1, 0.15) is 23.6 Å². The zero-order chi connectivity index (χ0) is 12.0. The minimum Gasteiger partial charge on any atom is -0.383 e. The maximum absolute atomic E-state index is 5.08. The van der Waals surface area contributed by atoms with Crippen LogP contribution in [0.25, 0.3) is 0 Å². The molecule has 0 saturated carbocycles. The molecule has 0 fully saturated rings. The molecule has 0 spiro atoms. The van der Waals surface area contributed by atoms with Crippen molar-refractivity contribution in [1.29, 1.82) is 0 Å². The third kappa shape index (κ3) is 4.33. The van der Waals surface area contributed by atoms with Crippen LogP contribution < -0.4 is 5.32 Å². The minimum absolute atomic E-state index is 0.427. The molecular weight excluding hydrogens is 198 g/mol. The van der Waals surface area contributed by atoms with Crippen molar-refractivity contribution in [3.05, 3.63) is 34.9 Å². The molecule has 1 aromatic carbocycles. The van der Waals surface area contributed by atoms with Gasteiger partial charge in [-0.3, -0.25) is 0 Å². The van der Waals surface area contributed by atoms with Crippen molar-refractivity contribution >= 4 is 0 Å². The Labute approximate surface area is 99.0 Å². The molecule has 0 amide bonds. The predicted molar refractivity (Wildman–Crippen MR) is 69.0 cm³/mol. The fourth-order valence-corrected chi connectivity index (χ4v) is 1.89. The van der Waals surface area contributed by atoms with E-state index in [0.717, 1.165) is 19.6 Å². The molecule has 1 rings (SSSR count). The topological polar surface area (TPSA) is 21.3 Å². The van der Waals surface area contributed by atoms with Gasteiger partial charge in [0.15, 0.2) is 0 Å². The fourth-order valence-electron chi connectivity index (χ4n) is 1.89. The Balaban J connectivity index is 2.37. The molecule has 1 aromatic rings. The molecule has 0 aliphatic heterocycles. The van der Waals surface area contributed by atoms with E-state index in [4.69, 9.17) is 4.74 Å². The van der Waals surface area contributed by atoms with Crippen LogP contribution in [0.4, 0.5) is 0 Å². The first-order valence-electron chi connectivity index (χ1n) is 5.92. The highest BCUT2D eigenvalue weighted by atomic mass is 16.5.